The zero-order chi connectivity index (χ0) is 10.6. The Balaban J connectivity index is 2.70. The Kier molecular flexibility index (Phi) is 3.33. The maximum Gasteiger partial charge on any atom is 0.295 e. The molecule has 6 nitrogen and oxygen atoms in total. The summed E-state index contributed by atoms with van der Waals surface area (Å²) < 4.78 is 0. The second-order valence-corrected chi connectivity index (χ2v) is 3.01. The molecule has 1 amide bonds. The topological polar surface area (TPSA) is 74.8 Å². The van der Waals surface area contributed by atoms with Crippen LogP contribution in [0.2, 0.25) is 0 Å². The van der Waals surface area contributed by atoms with Gasteiger partial charge in [0, 0.05) is 13.1 Å². The van der Waals surface area contributed by atoms with E-state index in [0.29, 0.717) is 13.1 Å². The van der Waals surface area contributed by atoms with Gasteiger partial charge < -0.3 is 4.90 Å². The Labute approximate surface area is 82.0 Å². The minimum Gasteiger partial charge on any atom is -0.332 e. The van der Waals surface area contributed by atoms with Gasteiger partial charge in [-0.3, -0.25) is 4.79 Å². The van der Waals surface area contributed by atoms with Gasteiger partial charge in [-0.15, -0.1) is 10.2 Å². The van der Waals surface area contributed by atoms with Crippen LogP contribution in [-0.4, -0.2) is 44.5 Å². The van der Waals surface area contributed by atoms with Crippen molar-refractivity contribution in [3.8, 4) is 0 Å². The van der Waals surface area contributed by atoms with Crippen LogP contribution >= 0.6 is 0 Å². The van der Waals surface area contributed by atoms with Crippen molar-refractivity contribution < 1.29 is 4.79 Å². The first-order valence-electron chi connectivity index (χ1n) is 4.32. The molecule has 0 saturated carbocycles. The number of nitrogens with zero attached hydrogens (tertiary/aromatic N) is 4. The highest BCUT2D eigenvalue weighted by atomic mass is 16.2. The third kappa shape index (κ3) is 2.38. The molecule has 0 saturated heterocycles. The molecule has 0 aromatic carbocycles. The number of aromatic amines is 1. The van der Waals surface area contributed by atoms with Crippen LogP contribution in [0.15, 0.2) is 12.2 Å². The number of aromatic nitrogens is 4. The van der Waals surface area contributed by atoms with E-state index in [4.69, 9.17) is 0 Å². The van der Waals surface area contributed by atoms with Crippen molar-refractivity contribution in [1.29, 1.82) is 0 Å². The van der Waals surface area contributed by atoms with E-state index in [0.717, 1.165) is 5.57 Å². The molecule has 6 heteroatoms. The Hall–Kier alpha value is -1.72. The van der Waals surface area contributed by atoms with Gasteiger partial charge in [-0.2, -0.15) is 5.21 Å². The van der Waals surface area contributed by atoms with E-state index in [1.807, 2.05) is 13.8 Å². The summed E-state index contributed by atoms with van der Waals surface area (Å²) in [5.74, 6) is -0.141. The molecular weight excluding hydrogens is 182 g/mol. The second-order valence-electron chi connectivity index (χ2n) is 3.01. The molecule has 0 aliphatic carbocycles. The van der Waals surface area contributed by atoms with Crippen LogP contribution in [0.5, 0.6) is 0 Å². The molecule has 0 unspecified atom stereocenters. The molecule has 1 heterocycles. The quantitative estimate of drug-likeness (QED) is 0.698. The highest BCUT2D eigenvalue weighted by molar-refractivity contribution is 5.90. The van der Waals surface area contributed by atoms with E-state index in [1.165, 1.54) is 0 Å². The molecule has 1 aromatic rings. The summed E-state index contributed by atoms with van der Waals surface area (Å²) in [6.07, 6.45) is 0. The Bertz CT molecular complexity index is 318. The number of nitrogens with one attached hydrogen (secondary N) is 1. The van der Waals surface area contributed by atoms with Crippen molar-refractivity contribution in [2.24, 2.45) is 0 Å². The molecule has 14 heavy (non-hydrogen) atoms. The van der Waals surface area contributed by atoms with E-state index < -0.39 is 0 Å². The fourth-order valence-electron chi connectivity index (χ4n) is 1.05. The van der Waals surface area contributed by atoms with E-state index in [9.17, 15) is 4.79 Å². The molecule has 76 valence electrons. The molecule has 0 atom stereocenters. The molecule has 1 N–H and O–H groups in total. The second kappa shape index (κ2) is 4.50. The van der Waals surface area contributed by atoms with Crippen molar-refractivity contribution in [3.63, 3.8) is 0 Å². The van der Waals surface area contributed by atoms with Gasteiger partial charge in [0.05, 0.1) is 0 Å². The average molecular weight is 195 g/mol. The van der Waals surface area contributed by atoms with Gasteiger partial charge in [0.15, 0.2) is 0 Å². The number of hydrogen-bond donors (Lipinski definition) is 1. The molecule has 0 aliphatic rings. The molecule has 0 aliphatic heterocycles. The molecule has 1 rings (SSSR count). The maximum atomic E-state index is 11.7. The summed E-state index contributed by atoms with van der Waals surface area (Å²) in [5, 5.41) is 12.8. The SMILES string of the molecule is C=C(C)CN(CC)C(=O)c1nn[nH]n1. The summed E-state index contributed by atoms with van der Waals surface area (Å²) in [6, 6.07) is 0. The minimum absolute atomic E-state index is 0.0908. The highest BCUT2D eigenvalue weighted by Gasteiger charge is 2.17. The summed E-state index contributed by atoms with van der Waals surface area (Å²) >= 11 is 0. The highest BCUT2D eigenvalue weighted by Crippen LogP contribution is 2.00. The lowest BCUT2D eigenvalue weighted by molar-refractivity contribution is 0.0766. The van der Waals surface area contributed by atoms with Crippen LogP contribution in [-0.2, 0) is 0 Å². The van der Waals surface area contributed by atoms with Crippen molar-refractivity contribution in [2.75, 3.05) is 13.1 Å². The zero-order valence-corrected chi connectivity index (χ0v) is 8.32. The fraction of sp³-hybridized carbons (Fsp3) is 0.500. The van der Waals surface area contributed by atoms with Crippen molar-refractivity contribution in [1.82, 2.24) is 25.5 Å². The number of tetrazole rings is 1. The van der Waals surface area contributed by atoms with Crippen LogP contribution in [0.4, 0.5) is 0 Å². The third-order valence-electron chi connectivity index (χ3n) is 1.67. The fourth-order valence-corrected chi connectivity index (χ4v) is 1.05. The van der Waals surface area contributed by atoms with Crippen molar-refractivity contribution >= 4 is 5.91 Å². The predicted molar refractivity (Wildman–Crippen MR) is 50.6 cm³/mol. The largest absolute Gasteiger partial charge is 0.332 e. The number of H-pyrrole nitrogens is 1. The molecule has 0 fully saturated rings. The minimum atomic E-state index is -0.232. The van der Waals surface area contributed by atoms with Gasteiger partial charge in [0.25, 0.3) is 11.7 Å². The first kappa shape index (κ1) is 10.4. The molecule has 1 aromatic heterocycles. The Morgan fingerprint density at radius 1 is 1.64 bits per heavy atom. The van der Waals surface area contributed by atoms with E-state index in [-0.39, 0.29) is 11.7 Å². The molecule has 0 radical (unpaired) electrons. The predicted octanol–water partition coefficient (Wildman–Crippen LogP) is 0.238. The molecule has 0 bridgehead atoms. The lowest BCUT2D eigenvalue weighted by Gasteiger charge is -2.18. The number of carbonyl (C=O) groups is 1. The average Bonchev–Trinajstić information content (AvgIpc) is 2.65. The van der Waals surface area contributed by atoms with Crippen molar-refractivity contribution in [2.45, 2.75) is 13.8 Å². The van der Waals surface area contributed by atoms with Crippen LogP contribution in [0.1, 0.15) is 24.5 Å². The van der Waals surface area contributed by atoms with Crippen LogP contribution in [0, 0.1) is 0 Å². The maximum absolute atomic E-state index is 11.7. The third-order valence-corrected chi connectivity index (χ3v) is 1.67. The van der Waals surface area contributed by atoms with E-state index >= 15 is 0 Å². The Morgan fingerprint density at radius 2 is 2.36 bits per heavy atom. The van der Waals surface area contributed by atoms with Gasteiger partial charge in [0.2, 0.25) is 0 Å². The van der Waals surface area contributed by atoms with E-state index in [1.54, 1.807) is 4.90 Å². The van der Waals surface area contributed by atoms with Gasteiger partial charge in [-0.05, 0) is 19.1 Å². The summed E-state index contributed by atoms with van der Waals surface area (Å²) in [6.45, 7) is 8.62. The summed E-state index contributed by atoms with van der Waals surface area (Å²) in [5.41, 5.74) is 0.920. The molecule has 0 spiro atoms. The zero-order valence-electron chi connectivity index (χ0n) is 8.32. The normalized spacial score (nSPS) is 9.86. The van der Waals surface area contributed by atoms with Crippen molar-refractivity contribution in [3.05, 3.63) is 18.0 Å². The summed E-state index contributed by atoms with van der Waals surface area (Å²) in [7, 11) is 0. The smallest absolute Gasteiger partial charge is 0.295 e. The van der Waals surface area contributed by atoms with Gasteiger partial charge in [0.1, 0.15) is 0 Å². The van der Waals surface area contributed by atoms with Gasteiger partial charge in [-0.25, -0.2) is 0 Å². The number of carbonyl (C=O) groups excluding carboxylic acids is 1. The summed E-state index contributed by atoms with van der Waals surface area (Å²) in [4.78, 5) is 13.3. The first-order valence-corrected chi connectivity index (χ1v) is 4.32. The Morgan fingerprint density at radius 3 is 2.79 bits per heavy atom. The van der Waals surface area contributed by atoms with Gasteiger partial charge in [-0.1, -0.05) is 12.2 Å². The van der Waals surface area contributed by atoms with Crippen LogP contribution in [0.25, 0.3) is 0 Å². The number of amides is 1. The van der Waals surface area contributed by atoms with E-state index in [2.05, 4.69) is 27.2 Å². The number of hydrogen-bond acceptors (Lipinski definition) is 4. The first-order chi connectivity index (χ1) is 6.65. The number of likely N-dealkylation sites (N-methyl/N-ethyl adjacent to an activating group) is 1. The van der Waals surface area contributed by atoms with Gasteiger partial charge >= 0.3 is 0 Å². The lowest BCUT2D eigenvalue weighted by atomic mass is 10.3. The molecular formula is C8H13N5O. The lowest BCUT2D eigenvalue weighted by Crippen LogP contribution is -2.32. The van der Waals surface area contributed by atoms with Crippen LogP contribution < -0.4 is 0 Å². The number of rotatable bonds is 4. The van der Waals surface area contributed by atoms with Crippen LogP contribution in [0.3, 0.4) is 0 Å². The monoisotopic (exact) mass is 195 g/mol. The standard InChI is InChI=1S/C8H13N5O/c1-4-13(5-6(2)3)8(14)7-9-11-12-10-7/h2,4-5H2,1,3H3,(H,9,10,11,12).